The van der Waals surface area contributed by atoms with E-state index in [1.165, 1.54) is 24.3 Å². The zero-order valence-corrected chi connectivity index (χ0v) is 18.5. The third-order valence-electron chi connectivity index (χ3n) is 5.32. The smallest absolute Gasteiger partial charge is 0.269 e. The van der Waals surface area contributed by atoms with E-state index in [0.717, 1.165) is 11.3 Å². The standard InChI is InChI=1S/C25H23N3O6/c1-17-3-10-21(11-4-17)33-14-2-13-27-22-12-7-19(15-23(22)34-16-24(27)29)26-25(30)18-5-8-20(9-6-18)28(31)32/h3-12,15H,2,13-14,16H2,1H3,(H,26,30). The predicted octanol–water partition coefficient (Wildman–Crippen LogP) is 4.35. The van der Waals surface area contributed by atoms with Crippen molar-refractivity contribution in [3.05, 3.63) is 88.0 Å². The van der Waals surface area contributed by atoms with Crippen molar-refractivity contribution in [2.75, 3.05) is 30.0 Å². The van der Waals surface area contributed by atoms with Gasteiger partial charge in [-0.2, -0.15) is 0 Å². The minimum Gasteiger partial charge on any atom is -0.494 e. The molecular formula is C25H23N3O6. The molecule has 0 unspecified atom stereocenters. The molecule has 1 aliphatic heterocycles. The number of nitrogens with one attached hydrogen (secondary N) is 1. The Morgan fingerprint density at radius 3 is 2.56 bits per heavy atom. The van der Waals surface area contributed by atoms with Crippen LogP contribution in [0.4, 0.5) is 17.1 Å². The highest BCUT2D eigenvalue weighted by atomic mass is 16.6. The number of nitro groups is 1. The number of rotatable bonds is 8. The van der Waals surface area contributed by atoms with E-state index < -0.39 is 10.8 Å². The van der Waals surface area contributed by atoms with Crippen molar-refractivity contribution >= 4 is 28.9 Å². The van der Waals surface area contributed by atoms with Gasteiger partial charge in [0, 0.05) is 36.0 Å². The average molecular weight is 461 g/mol. The molecule has 0 fully saturated rings. The molecule has 0 bridgehead atoms. The summed E-state index contributed by atoms with van der Waals surface area (Å²) in [7, 11) is 0. The highest BCUT2D eigenvalue weighted by Crippen LogP contribution is 2.34. The Hall–Kier alpha value is -4.40. The van der Waals surface area contributed by atoms with E-state index in [2.05, 4.69) is 5.32 Å². The molecule has 34 heavy (non-hydrogen) atoms. The highest BCUT2D eigenvalue weighted by molar-refractivity contribution is 6.05. The number of carbonyl (C=O) groups excluding carboxylic acids is 2. The van der Waals surface area contributed by atoms with Crippen LogP contribution < -0.4 is 19.7 Å². The maximum atomic E-state index is 12.5. The zero-order valence-electron chi connectivity index (χ0n) is 18.5. The minimum atomic E-state index is -0.524. The van der Waals surface area contributed by atoms with Crippen LogP contribution in [0.15, 0.2) is 66.7 Å². The molecule has 0 aliphatic carbocycles. The minimum absolute atomic E-state index is 0.0900. The van der Waals surface area contributed by atoms with Crippen molar-refractivity contribution in [2.24, 2.45) is 0 Å². The van der Waals surface area contributed by atoms with Crippen molar-refractivity contribution in [2.45, 2.75) is 13.3 Å². The number of nitrogens with zero attached hydrogens (tertiary/aromatic N) is 2. The largest absolute Gasteiger partial charge is 0.494 e. The Bertz CT molecular complexity index is 1210. The van der Waals surface area contributed by atoms with Gasteiger partial charge >= 0.3 is 0 Å². The molecule has 9 nitrogen and oxygen atoms in total. The van der Waals surface area contributed by atoms with Gasteiger partial charge in [0.1, 0.15) is 11.5 Å². The fourth-order valence-electron chi connectivity index (χ4n) is 3.51. The molecule has 174 valence electrons. The van der Waals surface area contributed by atoms with Crippen LogP contribution in [0, 0.1) is 17.0 Å². The van der Waals surface area contributed by atoms with E-state index in [-0.39, 0.29) is 23.8 Å². The summed E-state index contributed by atoms with van der Waals surface area (Å²) in [6, 6.07) is 18.2. The fourth-order valence-corrected chi connectivity index (χ4v) is 3.51. The number of fused-ring (bicyclic) bond motifs is 1. The van der Waals surface area contributed by atoms with Gasteiger partial charge in [0.05, 0.1) is 17.2 Å². The zero-order chi connectivity index (χ0) is 24.1. The van der Waals surface area contributed by atoms with Gasteiger partial charge in [-0.3, -0.25) is 19.7 Å². The number of ether oxygens (including phenoxy) is 2. The van der Waals surface area contributed by atoms with Gasteiger partial charge in [-0.15, -0.1) is 0 Å². The first-order valence-corrected chi connectivity index (χ1v) is 10.7. The number of benzene rings is 3. The normalized spacial score (nSPS) is 12.5. The summed E-state index contributed by atoms with van der Waals surface area (Å²) in [4.78, 5) is 36.8. The third kappa shape index (κ3) is 5.32. The van der Waals surface area contributed by atoms with Crippen molar-refractivity contribution in [3.8, 4) is 11.5 Å². The summed E-state index contributed by atoms with van der Waals surface area (Å²) in [5, 5.41) is 13.5. The number of aryl methyl sites for hydroxylation is 1. The van der Waals surface area contributed by atoms with Crippen LogP contribution in [0.5, 0.6) is 11.5 Å². The molecule has 0 radical (unpaired) electrons. The first kappa shape index (κ1) is 22.8. The Labute approximate surface area is 196 Å². The molecule has 4 rings (SSSR count). The molecule has 0 spiro atoms. The van der Waals surface area contributed by atoms with Gasteiger partial charge in [0.2, 0.25) is 0 Å². The molecule has 9 heteroatoms. The monoisotopic (exact) mass is 461 g/mol. The maximum Gasteiger partial charge on any atom is 0.269 e. The Morgan fingerprint density at radius 2 is 1.85 bits per heavy atom. The summed E-state index contributed by atoms with van der Waals surface area (Å²) >= 11 is 0. The molecule has 1 heterocycles. The lowest BCUT2D eigenvalue weighted by atomic mass is 10.1. The van der Waals surface area contributed by atoms with Gasteiger partial charge < -0.3 is 19.7 Å². The lowest BCUT2D eigenvalue weighted by molar-refractivity contribution is -0.384. The summed E-state index contributed by atoms with van der Waals surface area (Å²) in [6.07, 6.45) is 0.637. The Kier molecular flexibility index (Phi) is 6.72. The van der Waals surface area contributed by atoms with Crippen molar-refractivity contribution < 1.29 is 24.0 Å². The molecule has 1 aliphatic rings. The maximum absolute atomic E-state index is 12.5. The fraction of sp³-hybridized carbons (Fsp3) is 0.200. The second-order valence-corrected chi connectivity index (χ2v) is 7.79. The Morgan fingerprint density at radius 1 is 1.12 bits per heavy atom. The quantitative estimate of drug-likeness (QED) is 0.303. The summed E-state index contributed by atoms with van der Waals surface area (Å²) in [5.74, 6) is 0.714. The van der Waals surface area contributed by atoms with Crippen LogP contribution in [-0.4, -0.2) is 36.5 Å². The number of amides is 2. The SMILES string of the molecule is Cc1ccc(OCCCN2C(=O)COc3cc(NC(=O)c4ccc([N+](=O)[O-])cc4)ccc32)cc1. The number of hydrogen-bond acceptors (Lipinski definition) is 6. The van der Waals surface area contributed by atoms with Crippen LogP contribution in [0.25, 0.3) is 0 Å². The highest BCUT2D eigenvalue weighted by Gasteiger charge is 2.25. The average Bonchev–Trinajstić information content (AvgIpc) is 2.84. The molecule has 2 amide bonds. The summed E-state index contributed by atoms with van der Waals surface area (Å²) in [6.45, 7) is 2.85. The van der Waals surface area contributed by atoms with E-state index in [1.807, 2.05) is 31.2 Å². The number of nitro benzene ring substituents is 1. The van der Waals surface area contributed by atoms with Crippen LogP contribution in [0.1, 0.15) is 22.3 Å². The molecule has 3 aromatic rings. The van der Waals surface area contributed by atoms with Crippen molar-refractivity contribution in [1.82, 2.24) is 0 Å². The molecule has 0 aromatic heterocycles. The summed E-state index contributed by atoms with van der Waals surface area (Å²) < 4.78 is 11.3. The predicted molar refractivity (Wildman–Crippen MR) is 127 cm³/mol. The van der Waals surface area contributed by atoms with E-state index in [1.54, 1.807) is 23.1 Å². The van der Waals surface area contributed by atoms with E-state index in [9.17, 15) is 19.7 Å². The van der Waals surface area contributed by atoms with E-state index >= 15 is 0 Å². The molecular weight excluding hydrogens is 438 g/mol. The van der Waals surface area contributed by atoms with Crippen LogP contribution in [-0.2, 0) is 4.79 Å². The van der Waals surface area contributed by atoms with Crippen molar-refractivity contribution in [3.63, 3.8) is 0 Å². The number of anilines is 2. The lowest BCUT2D eigenvalue weighted by Gasteiger charge is -2.29. The van der Waals surface area contributed by atoms with Gasteiger partial charge in [-0.25, -0.2) is 0 Å². The van der Waals surface area contributed by atoms with Gasteiger partial charge in [0.25, 0.3) is 17.5 Å². The lowest BCUT2D eigenvalue weighted by Crippen LogP contribution is -2.39. The molecule has 3 aromatic carbocycles. The van der Waals surface area contributed by atoms with E-state index in [4.69, 9.17) is 9.47 Å². The molecule has 0 atom stereocenters. The van der Waals surface area contributed by atoms with Crippen LogP contribution in [0.2, 0.25) is 0 Å². The second kappa shape index (κ2) is 10.0. The first-order chi connectivity index (χ1) is 16.4. The van der Waals surface area contributed by atoms with Gasteiger partial charge in [-0.1, -0.05) is 17.7 Å². The van der Waals surface area contributed by atoms with Gasteiger partial charge in [0.15, 0.2) is 6.61 Å². The number of hydrogen-bond donors (Lipinski definition) is 1. The van der Waals surface area contributed by atoms with Crippen molar-refractivity contribution in [1.29, 1.82) is 0 Å². The number of carbonyl (C=O) groups is 2. The third-order valence-corrected chi connectivity index (χ3v) is 5.32. The second-order valence-electron chi connectivity index (χ2n) is 7.79. The number of non-ortho nitro benzene ring substituents is 1. The Balaban J connectivity index is 1.37. The molecule has 1 N–H and O–H groups in total. The summed E-state index contributed by atoms with van der Waals surface area (Å²) in [5.41, 5.74) is 2.47. The molecule has 0 saturated carbocycles. The van der Waals surface area contributed by atoms with E-state index in [0.29, 0.717) is 36.7 Å². The molecule has 0 saturated heterocycles. The topological polar surface area (TPSA) is 111 Å². The van der Waals surface area contributed by atoms with Crippen LogP contribution >= 0.6 is 0 Å². The van der Waals surface area contributed by atoms with Gasteiger partial charge in [-0.05, 0) is 49.7 Å². The first-order valence-electron chi connectivity index (χ1n) is 10.7. The van der Waals surface area contributed by atoms with Crippen LogP contribution in [0.3, 0.4) is 0 Å².